The van der Waals surface area contributed by atoms with Gasteiger partial charge in [0.15, 0.2) is 0 Å². The molecule has 1 fully saturated rings. The number of halogens is 1. The van der Waals surface area contributed by atoms with E-state index in [2.05, 4.69) is 15.5 Å². The fourth-order valence-electron chi connectivity index (χ4n) is 2.75. The average Bonchev–Trinajstić information content (AvgIpc) is 2.95. The van der Waals surface area contributed by atoms with Crippen molar-refractivity contribution in [3.63, 3.8) is 0 Å². The zero-order valence-electron chi connectivity index (χ0n) is 13.8. The van der Waals surface area contributed by atoms with Crippen LogP contribution in [0.2, 0.25) is 5.02 Å². The highest BCUT2D eigenvalue weighted by Crippen LogP contribution is 2.33. The number of benzene rings is 1. The number of carbonyl (C=O) groups excluding carboxylic acids is 1. The fraction of sp³-hybridized carbons (Fsp3) is 0.562. The van der Waals surface area contributed by atoms with Crippen molar-refractivity contribution >= 4 is 23.3 Å². The molecule has 2 amide bonds. The van der Waals surface area contributed by atoms with Crippen LogP contribution in [0.4, 0.5) is 10.5 Å². The van der Waals surface area contributed by atoms with Gasteiger partial charge in [-0.1, -0.05) is 11.6 Å². The van der Waals surface area contributed by atoms with E-state index in [-0.39, 0.29) is 18.1 Å². The molecule has 7 heteroatoms. The highest BCUT2D eigenvalue weighted by molar-refractivity contribution is 6.30. The quantitative estimate of drug-likeness (QED) is 0.833. The molecule has 23 heavy (non-hydrogen) atoms. The van der Waals surface area contributed by atoms with Gasteiger partial charge in [-0.25, -0.2) is 4.79 Å². The van der Waals surface area contributed by atoms with Crippen LogP contribution in [-0.2, 0) is 4.74 Å². The van der Waals surface area contributed by atoms with E-state index < -0.39 is 0 Å². The number of methoxy groups -OCH3 is 2. The molecule has 0 aliphatic carbocycles. The van der Waals surface area contributed by atoms with Gasteiger partial charge in [-0.2, -0.15) is 0 Å². The Hall–Kier alpha value is -1.66. The Kier molecular flexibility index (Phi) is 6.36. The smallest absolute Gasteiger partial charge is 0.315 e. The van der Waals surface area contributed by atoms with Crippen molar-refractivity contribution in [2.75, 3.05) is 38.8 Å². The van der Waals surface area contributed by atoms with Crippen LogP contribution in [0.1, 0.15) is 13.3 Å². The summed E-state index contributed by atoms with van der Waals surface area (Å²) in [5.41, 5.74) is 0.956. The summed E-state index contributed by atoms with van der Waals surface area (Å²) < 4.78 is 10.4. The van der Waals surface area contributed by atoms with Gasteiger partial charge < -0.3 is 25.0 Å². The molecule has 6 nitrogen and oxygen atoms in total. The van der Waals surface area contributed by atoms with Crippen LogP contribution >= 0.6 is 11.6 Å². The highest BCUT2D eigenvalue weighted by Gasteiger charge is 2.26. The lowest BCUT2D eigenvalue weighted by Gasteiger charge is -2.22. The van der Waals surface area contributed by atoms with Crippen LogP contribution < -0.4 is 20.3 Å². The summed E-state index contributed by atoms with van der Waals surface area (Å²) in [7, 11) is 3.26. The van der Waals surface area contributed by atoms with Gasteiger partial charge in [-0.05, 0) is 31.5 Å². The number of carbonyl (C=O) groups is 1. The minimum atomic E-state index is -0.167. The Morgan fingerprint density at radius 3 is 2.96 bits per heavy atom. The summed E-state index contributed by atoms with van der Waals surface area (Å²) in [4.78, 5) is 14.1. The second-order valence-electron chi connectivity index (χ2n) is 5.72. The van der Waals surface area contributed by atoms with E-state index in [1.165, 1.54) is 0 Å². The molecule has 1 saturated heterocycles. The molecule has 0 bridgehead atoms. The van der Waals surface area contributed by atoms with E-state index in [1.54, 1.807) is 20.3 Å². The SMILES string of the molecule is COC[C@@H](C)NC(=O)N[C@@H]1CCN(c2cc(Cl)ccc2OC)C1. The number of amides is 2. The molecule has 128 valence electrons. The number of hydrogen-bond donors (Lipinski definition) is 2. The lowest BCUT2D eigenvalue weighted by Crippen LogP contribution is -2.47. The van der Waals surface area contributed by atoms with E-state index in [9.17, 15) is 4.79 Å². The van der Waals surface area contributed by atoms with E-state index in [0.717, 1.165) is 30.9 Å². The topological polar surface area (TPSA) is 62.8 Å². The Labute approximate surface area is 142 Å². The molecule has 2 atom stereocenters. The summed E-state index contributed by atoms with van der Waals surface area (Å²) in [5.74, 6) is 0.785. The van der Waals surface area contributed by atoms with Crippen LogP contribution in [0.15, 0.2) is 18.2 Å². The Morgan fingerprint density at radius 1 is 1.48 bits per heavy atom. The fourth-order valence-corrected chi connectivity index (χ4v) is 2.92. The van der Waals surface area contributed by atoms with Gasteiger partial charge in [0.1, 0.15) is 5.75 Å². The molecular formula is C16H24ClN3O3. The van der Waals surface area contributed by atoms with E-state index in [4.69, 9.17) is 21.1 Å². The van der Waals surface area contributed by atoms with Gasteiger partial charge in [0, 0.05) is 31.3 Å². The van der Waals surface area contributed by atoms with Crippen molar-refractivity contribution < 1.29 is 14.3 Å². The second-order valence-corrected chi connectivity index (χ2v) is 6.16. The lowest BCUT2D eigenvalue weighted by atomic mass is 10.2. The Balaban J connectivity index is 1.91. The molecule has 1 aliphatic rings. The van der Waals surface area contributed by atoms with Crippen molar-refractivity contribution in [1.29, 1.82) is 0 Å². The van der Waals surface area contributed by atoms with E-state index in [0.29, 0.717) is 11.6 Å². The summed E-state index contributed by atoms with van der Waals surface area (Å²) in [6, 6.07) is 5.46. The van der Waals surface area contributed by atoms with Crippen molar-refractivity contribution in [3.8, 4) is 5.75 Å². The van der Waals surface area contributed by atoms with E-state index >= 15 is 0 Å². The number of ether oxygens (including phenoxy) is 2. The molecule has 1 aromatic carbocycles. The third kappa shape index (κ3) is 4.91. The van der Waals surface area contributed by atoms with Crippen molar-refractivity contribution in [2.24, 2.45) is 0 Å². The predicted octanol–water partition coefficient (Wildman–Crippen LogP) is 2.26. The molecular weight excluding hydrogens is 318 g/mol. The monoisotopic (exact) mass is 341 g/mol. The summed E-state index contributed by atoms with van der Waals surface area (Å²) in [5, 5.41) is 6.52. The van der Waals surface area contributed by atoms with Crippen molar-refractivity contribution in [1.82, 2.24) is 10.6 Å². The molecule has 1 heterocycles. The molecule has 0 unspecified atom stereocenters. The Morgan fingerprint density at radius 2 is 2.26 bits per heavy atom. The third-order valence-corrected chi connectivity index (χ3v) is 4.03. The molecule has 2 N–H and O–H groups in total. The standard InChI is InChI=1S/C16H24ClN3O3/c1-11(10-22-2)18-16(21)19-13-6-7-20(9-13)14-8-12(17)4-5-15(14)23-3/h4-5,8,11,13H,6-7,9-10H2,1-3H3,(H2,18,19,21)/t11-,13-/m1/s1. The number of nitrogens with one attached hydrogen (secondary N) is 2. The summed E-state index contributed by atoms with van der Waals surface area (Å²) >= 11 is 6.09. The molecule has 0 aromatic heterocycles. The molecule has 1 aromatic rings. The molecule has 1 aliphatic heterocycles. The number of nitrogens with zero attached hydrogens (tertiary/aromatic N) is 1. The zero-order valence-corrected chi connectivity index (χ0v) is 14.5. The first-order chi connectivity index (χ1) is 11.0. The van der Waals surface area contributed by atoms with E-state index in [1.807, 2.05) is 19.1 Å². The largest absolute Gasteiger partial charge is 0.495 e. The van der Waals surface area contributed by atoms with Crippen LogP contribution in [0.3, 0.4) is 0 Å². The highest BCUT2D eigenvalue weighted by atomic mass is 35.5. The molecule has 0 saturated carbocycles. The van der Waals surface area contributed by atoms with Crippen LogP contribution in [0.25, 0.3) is 0 Å². The van der Waals surface area contributed by atoms with Gasteiger partial charge in [0.05, 0.1) is 25.4 Å². The Bertz CT molecular complexity index is 541. The van der Waals surface area contributed by atoms with Gasteiger partial charge >= 0.3 is 6.03 Å². The maximum Gasteiger partial charge on any atom is 0.315 e. The molecule has 0 radical (unpaired) electrons. The average molecular weight is 342 g/mol. The van der Waals surface area contributed by atoms with Crippen LogP contribution in [0, 0.1) is 0 Å². The third-order valence-electron chi connectivity index (χ3n) is 3.80. The van der Waals surface area contributed by atoms with Crippen LogP contribution in [0.5, 0.6) is 5.75 Å². The lowest BCUT2D eigenvalue weighted by molar-refractivity contribution is 0.170. The maximum atomic E-state index is 12.0. The van der Waals surface area contributed by atoms with Crippen LogP contribution in [-0.4, -0.2) is 52.0 Å². The number of rotatable bonds is 6. The van der Waals surface area contributed by atoms with Gasteiger partial charge in [-0.3, -0.25) is 0 Å². The first-order valence-electron chi connectivity index (χ1n) is 7.68. The minimum absolute atomic E-state index is 0.0227. The summed E-state index contributed by atoms with van der Waals surface area (Å²) in [6.07, 6.45) is 0.877. The maximum absolute atomic E-state index is 12.0. The van der Waals surface area contributed by atoms with Gasteiger partial charge in [-0.15, -0.1) is 0 Å². The summed E-state index contributed by atoms with van der Waals surface area (Å²) in [6.45, 7) is 3.96. The first-order valence-corrected chi connectivity index (χ1v) is 8.05. The van der Waals surface area contributed by atoms with Crippen molar-refractivity contribution in [2.45, 2.75) is 25.4 Å². The molecule has 2 rings (SSSR count). The second kappa shape index (κ2) is 8.26. The normalized spacial score (nSPS) is 18.6. The van der Waals surface area contributed by atoms with Gasteiger partial charge in [0.2, 0.25) is 0 Å². The number of urea groups is 1. The molecule has 0 spiro atoms. The minimum Gasteiger partial charge on any atom is -0.495 e. The predicted molar refractivity (Wildman–Crippen MR) is 91.6 cm³/mol. The number of hydrogen-bond acceptors (Lipinski definition) is 4. The number of anilines is 1. The zero-order chi connectivity index (χ0) is 16.8. The van der Waals surface area contributed by atoms with Crippen molar-refractivity contribution in [3.05, 3.63) is 23.2 Å². The first kappa shape index (κ1) is 17.7. The van der Waals surface area contributed by atoms with Gasteiger partial charge in [0.25, 0.3) is 0 Å².